The zero-order valence-electron chi connectivity index (χ0n) is 7.37. The predicted octanol–water partition coefficient (Wildman–Crippen LogP) is 1.30. The molecule has 0 aromatic heterocycles. The van der Waals surface area contributed by atoms with E-state index in [0.717, 1.165) is 25.7 Å². The summed E-state index contributed by atoms with van der Waals surface area (Å²) in [6.45, 7) is 4.38. The van der Waals surface area contributed by atoms with Gasteiger partial charge < -0.3 is 9.84 Å². The maximum absolute atomic E-state index is 9.97. The highest BCUT2D eigenvalue weighted by molar-refractivity contribution is 5.37. The summed E-state index contributed by atoms with van der Waals surface area (Å²) in [5, 5.41) is 8.49. The molecule has 12 heavy (non-hydrogen) atoms. The zero-order chi connectivity index (χ0) is 9.23. The number of carbonyl (C=O) groups is 1. The fraction of sp³-hybridized carbons (Fsp3) is 0.778. The highest BCUT2D eigenvalue weighted by Gasteiger charge is 2.04. The monoisotopic (exact) mass is 173 g/mol. The Morgan fingerprint density at radius 2 is 2.17 bits per heavy atom. The van der Waals surface area contributed by atoms with Crippen LogP contribution in [-0.2, 0) is 9.53 Å². The number of carbonyl (C=O) groups excluding carboxylic acids is 1. The van der Waals surface area contributed by atoms with Crippen molar-refractivity contribution in [3.63, 3.8) is 0 Å². The molecular weight excluding hydrogens is 156 g/mol. The third-order valence-electron chi connectivity index (χ3n) is 1.75. The van der Waals surface area contributed by atoms with Crippen LogP contribution in [0.5, 0.6) is 0 Å². The molecule has 0 heterocycles. The standard InChI is InChI=1S/C9H17O3/c1-2-9(12-8-11)6-4-3-5-7-10/h8-10H,1-7H2. The van der Waals surface area contributed by atoms with Gasteiger partial charge in [-0.1, -0.05) is 6.42 Å². The largest absolute Gasteiger partial charge is 0.465 e. The first kappa shape index (κ1) is 11.4. The van der Waals surface area contributed by atoms with Gasteiger partial charge in [-0.15, -0.1) is 0 Å². The average molecular weight is 173 g/mol. The molecule has 0 aliphatic rings. The molecule has 0 amide bonds. The van der Waals surface area contributed by atoms with Gasteiger partial charge in [-0.2, -0.15) is 0 Å². The Balaban J connectivity index is 3.25. The quantitative estimate of drug-likeness (QED) is 0.444. The third kappa shape index (κ3) is 6.16. The van der Waals surface area contributed by atoms with Gasteiger partial charge in [0.25, 0.3) is 6.47 Å². The van der Waals surface area contributed by atoms with Crippen LogP contribution in [-0.4, -0.2) is 24.3 Å². The molecule has 1 N–H and O–H groups in total. The van der Waals surface area contributed by atoms with Gasteiger partial charge in [-0.05, 0) is 32.6 Å². The first-order valence-corrected chi connectivity index (χ1v) is 4.34. The second-order valence-corrected chi connectivity index (χ2v) is 2.72. The van der Waals surface area contributed by atoms with Gasteiger partial charge in [0, 0.05) is 6.61 Å². The minimum Gasteiger partial charge on any atom is -0.465 e. The van der Waals surface area contributed by atoms with Gasteiger partial charge in [0.05, 0.1) is 0 Å². The molecule has 1 atom stereocenters. The molecule has 0 rings (SSSR count). The van der Waals surface area contributed by atoms with Crippen molar-refractivity contribution in [2.45, 2.75) is 38.2 Å². The molecule has 0 saturated carbocycles. The number of ether oxygens (including phenoxy) is 1. The van der Waals surface area contributed by atoms with Crippen LogP contribution in [0.4, 0.5) is 0 Å². The topological polar surface area (TPSA) is 46.5 Å². The van der Waals surface area contributed by atoms with E-state index in [4.69, 9.17) is 9.84 Å². The predicted molar refractivity (Wildman–Crippen MR) is 46.5 cm³/mol. The Morgan fingerprint density at radius 1 is 1.42 bits per heavy atom. The molecule has 0 saturated heterocycles. The van der Waals surface area contributed by atoms with Crippen LogP contribution in [0.2, 0.25) is 0 Å². The summed E-state index contributed by atoms with van der Waals surface area (Å²) in [6.07, 6.45) is 4.22. The molecular formula is C9H17O3. The van der Waals surface area contributed by atoms with Crippen molar-refractivity contribution in [1.29, 1.82) is 0 Å². The fourth-order valence-electron chi connectivity index (χ4n) is 1.02. The smallest absolute Gasteiger partial charge is 0.293 e. The molecule has 1 unspecified atom stereocenters. The molecule has 0 bridgehead atoms. The van der Waals surface area contributed by atoms with Crippen LogP contribution in [0, 0.1) is 6.92 Å². The van der Waals surface area contributed by atoms with E-state index in [2.05, 4.69) is 6.92 Å². The number of rotatable bonds is 8. The zero-order valence-corrected chi connectivity index (χ0v) is 7.37. The molecule has 0 aliphatic heterocycles. The number of aliphatic hydroxyl groups excluding tert-OH is 1. The summed E-state index contributed by atoms with van der Waals surface area (Å²) >= 11 is 0. The van der Waals surface area contributed by atoms with Crippen molar-refractivity contribution in [2.24, 2.45) is 0 Å². The van der Waals surface area contributed by atoms with Gasteiger partial charge in [0.2, 0.25) is 0 Å². The lowest BCUT2D eigenvalue weighted by Crippen LogP contribution is -2.10. The van der Waals surface area contributed by atoms with Crippen molar-refractivity contribution in [2.75, 3.05) is 6.61 Å². The highest BCUT2D eigenvalue weighted by Crippen LogP contribution is 2.08. The second-order valence-electron chi connectivity index (χ2n) is 2.72. The maximum Gasteiger partial charge on any atom is 0.293 e. The van der Waals surface area contributed by atoms with E-state index >= 15 is 0 Å². The van der Waals surface area contributed by atoms with Gasteiger partial charge in [0.1, 0.15) is 6.10 Å². The molecule has 0 spiro atoms. The molecule has 71 valence electrons. The van der Waals surface area contributed by atoms with Crippen LogP contribution >= 0.6 is 0 Å². The van der Waals surface area contributed by atoms with Crippen molar-refractivity contribution in [3.05, 3.63) is 6.92 Å². The SMILES string of the molecule is [CH2]CC(CCCCCO)OC=O. The Bertz CT molecular complexity index is 104. The van der Waals surface area contributed by atoms with E-state index in [1.807, 2.05) is 0 Å². The van der Waals surface area contributed by atoms with Crippen LogP contribution in [0.25, 0.3) is 0 Å². The third-order valence-corrected chi connectivity index (χ3v) is 1.75. The summed E-state index contributed by atoms with van der Waals surface area (Å²) in [5.41, 5.74) is 0. The summed E-state index contributed by atoms with van der Waals surface area (Å²) in [7, 11) is 0. The maximum atomic E-state index is 9.97. The summed E-state index contributed by atoms with van der Waals surface area (Å²) in [5.74, 6) is 0. The Hall–Kier alpha value is -0.570. The lowest BCUT2D eigenvalue weighted by Gasteiger charge is -2.11. The number of hydrogen-bond acceptors (Lipinski definition) is 3. The van der Waals surface area contributed by atoms with Crippen molar-refractivity contribution in [1.82, 2.24) is 0 Å². The van der Waals surface area contributed by atoms with Crippen LogP contribution in [0.3, 0.4) is 0 Å². The van der Waals surface area contributed by atoms with Gasteiger partial charge >= 0.3 is 0 Å². The Labute approximate surface area is 73.7 Å². The molecule has 3 nitrogen and oxygen atoms in total. The number of hydrogen-bond donors (Lipinski definition) is 1. The fourth-order valence-corrected chi connectivity index (χ4v) is 1.02. The minimum absolute atomic E-state index is 0.0406. The summed E-state index contributed by atoms with van der Waals surface area (Å²) < 4.78 is 4.77. The Kier molecular flexibility index (Phi) is 8.12. The molecule has 0 aromatic carbocycles. The molecule has 0 fully saturated rings. The lowest BCUT2D eigenvalue weighted by molar-refractivity contribution is -0.133. The minimum atomic E-state index is -0.0406. The molecule has 1 radical (unpaired) electrons. The summed E-state index contributed by atoms with van der Waals surface area (Å²) in [6, 6.07) is 0. The van der Waals surface area contributed by atoms with Gasteiger partial charge in [-0.25, -0.2) is 0 Å². The molecule has 0 aliphatic carbocycles. The first-order valence-electron chi connectivity index (χ1n) is 4.34. The summed E-state index contributed by atoms with van der Waals surface area (Å²) in [4.78, 5) is 9.97. The molecule has 0 aromatic rings. The van der Waals surface area contributed by atoms with E-state index in [9.17, 15) is 4.79 Å². The average Bonchev–Trinajstić information content (AvgIpc) is 2.10. The van der Waals surface area contributed by atoms with Crippen molar-refractivity contribution in [3.8, 4) is 0 Å². The number of unbranched alkanes of at least 4 members (excludes halogenated alkanes) is 2. The van der Waals surface area contributed by atoms with E-state index in [-0.39, 0.29) is 12.7 Å². The normalized spacial score (nSPS) is 12.5. The van der Waals surface area contributed by atoms with E-state index < -0.39 is 0 Å². The Morgan fingerprint density at radius 3 is 2.67 bits per heavy atom. The van der Waals surface area contributed by atoms with E-state index in [0.29, 0.717) is 12.9 Å². The van der Waals surface area contributed by atoms with E-state index in [1.54, 1.807) is 0 Å². The van der Waals surface area contributed by atoms with Crippen LogP contribution in [0.15, 0.2) is 0 Å². The van der Waals surface area contributed by atoms with Crippen LogP contribution < -0.4 is 0 Å². The lowest BCUT2D eigenvalue weighted by atomic mass is 10.1. The molecule has 3 heteroatoms. The van der Waals surface area contributed by atoms with E-state index in [1.165, 1.54) is 0 Å². The van der Waals surface area contributed by atoms with Gasteiger partial charge in [-0.3, -0.25) is 4.79 Å². The second kappa shape index (κ2) is 8.53. The highest BCUT2D eigenvalue weighted by atomic mass is 16.5. The van der Waals surface area contributed by atoms with Crippen molar-refractivity contribution >= 4 is 6.47 Å². The first-order chi connectivity index (χ1) is 5.85. The van der Waals surface area contributed by atoms with Crippen molar-refractivity contribution < 1.29 is 14.6 Å². The number of aliphatic hydroxyl groups is 1. The van der Waals surface area contributed by atoms with Gasteiger partial charge in [0.15, 0.2) is 0 Å². The van der Waals surface area contributed by atoms with Crippen LogP contribution in [0.1, 0.15) is 32.1 Å².